The summed E-state index contributed by atoms with van der Waals surface area (Å²) in [6, 6.07) is 5.88. The second-order valence-electron chi connectivity index (χ2n) is 7.19. The molecule has 0 aliphatic carbocycles. The quantitative estimate of drug-likeness (QED) is 0.846. The molecule has 5 nitrogen and oxygen atoms in total. The highest BCUT2D eigenvalue weighted by Gasteiger charge is 2.24. The van der Waals surface area contributed by atoms with Gasteiger partial charge in [0, 0.05) is 18.8 Å². The Morgan fingerprint density at radius 1 is 1.29 bits per heavy atom. The first kappa shape index (κ1) is 18.5. The van der Waals surface area contributed by atoms with E-state index in [1.54, 1.807) is 0 Å². The molecule has 1 heterocycles. The van der Waals surface area contributed by atoms with Crippen LogP contribution in [-0.4, -0.2) is 49.9 Å². The highest BCUT2D eigenvalue weighted by Crippen LogP contribution is 2.17. The van der Waals surface area contributed by atoms with Crippen LogP contribution in [0.3, 0.4) is 0 Å². The zero-order valence-electron chi connectivity index (χ0n) is 15.3. The topological polar surface area (TPSA) is 53.9 Å². The van der Waals surface area contributed by atoms with Crippen LogP contribution >= 0.6 is 0 Å². The molecule has 1 saturated heterocycles. The number of nitrogens with one attached hydrogen (secondary N) is 2. The van der Waals surface area contributed by atoms with E-state index in [1.807, 2.05) is 44.0 Å². The number of likely N-dealkylation sites (N-methyl/N-ethyl adjacent to an activating group) is 1. The number of piperidine rings is 1. The highest BCUT2D eigenvalue weighted by molar-refractivity contribution is 5.92. The zero-order chi connectivity index (χ0) is 17.7. The fraction of sp³-hybridized carbons (Fsp3) is 0.579. The molecule has 1 fully saturated rings. The summed E-state index contributed by atoms with van der Waals surface area (Å²) in [5.41, 5.74) is 3.09. The Bertz CT molecular complexity index is 600. The van der Waals surface area contributed by atoms with Crippen molar-refractivity contribution in [1.82, 2.24) is 4.90 Å². The van der Waals surface area contributed by atoms with Gasteiger partial charge in [-0.15, -0.1) is 0 Å². The van der Waals surface area contributed by atoms with Gasteiger partial charge in [0.15, 0.2) is 13.1 Å². The first-order chi connectivity index (χ1) is 11.4. The number of hydrogen-bond acceptors (Lipinski definition) is 2. The number of anilines is 1. The molecule has 5 heteroatoms. The monoisotopic (exact) mass is 332 g/mol. The second kappa shape index (κ2) is 8.29. The molecule has 1 unspecified atom stereocenters. The number of likely N-dealkylation sites (tertiary alicyclic amines) is 1. The minimum absolute atomic E-state index is 0.0546. The van der Waals surface area contributed by atoms with Crippen molar-refractivity contribution in [3.05, 3.63) is 29.3 Å². The average molecular weight is 332 g/mol. The molecule has 2 atom stereocenters. The maximum Gasteiger partial charge on any atom is 0.279 e. The van der Waals surface area contributed by atoms with Gasteiger partial charge < -0.3 is 15.1 Å². The van der Waals surface area contributed by atoms with Gasteiger partial charge in [-0.3, -0.25) is 9.59 Å². The third kappa shape index (κ3) is 5.06. The van der Waals surface area contributed by atoms with E-state index in [0.717, 1.165) is 41.2 Å². The molecule has 2 N–H and O–H groups in total. The first-order valence-corrected chi connectivity index (χ1v) is 8.82. The fourth-order valence-electron chi connectivity index (χ4n) is 3.20. The van der Waals surface area contributed by atoms with E-state index >= 15 is 0 Å². The Labute approximate surface area is 145 Å². The first-order valence-electron chi connectivity index (χ1n) is 8.82. The molecule has 0 spiro atoms. The minimum atomic E-state index is -0.0546. The fourth-order valence-corrected chi connectivity index (χ4v) is 3.20. The van der Waals surface area contributed by atoms with E-state index in [2.05, 4.69) is 12.2 Å². The average Bonchev–Trinajstić information content (AvgIpc) is 2.51. The molecule has 1 aromatic rings. The van der Waals surface area contributed by atoms with E-state index in [0.29, 0.717) is 19.0 Å². The molecule has 0 saturated carbocycles. The third-order valence-corrected chi connectivity index (χ3v) is 4.80. The normalized spacial score (nSPS) is 19.0. The number of carbonyl (C=O) groups is 2. The van der Waals surface area contributed by atoms with Crippen LogP contribution in [0.2, 0.25) is 0 Å². The van der Waals surface area contributed by atoms with Crippen molar-refractivity contribution in [3.63, 3.8) is 0 Å². The van der Waals surface area contributed by atoms with Crippen LogP contribution in [0.1, 0.15) is 30.9 Å². The molecule has 0 aromatic heterocycles. The molecular formula is C19H30N3O2+. The van der Waals surface area contributed by atoms with Crippen molar-refractivity contribution >= 4 is 17.5 Å². The van der Waals surface area contributed by atoms with Gasteiger partial charge in [0.25, 0.3) is 11.8 Å². The van der Waals surface area contributed by atoms with Crippen molar-refractivity contribution in [3.8, 4) is 0 Å². The summed E-state index contributed by atoms with van der Waals surface area (Å²) in [5.74, 6) is 0.676. The lowest BCUT2D eigenvalue weighted by Crippen LogP contribution is -3.11. The van der Waals surface area contributed by atoms with Gasteiger partial charge in [0.2, 0.25) is 0 Å². The van der Waals surface area contributed by atoms with Gasteiger partial charge in [-0.2, -0.15) is 0 Å². The number of amides is 2. The van der Waals surface area contributed by atoms with Crippen LogP contribution in [0.5, 0.6) is 0 Å². The van der Waals surface area contributed by atoms with Gasteiger partial charge in [-0.05, 0) is 49.8 Å². The van der Waals surface area contributed by atoms with Gasteiger partial charge in [0.1, 0.15) is 0 Å². The predicted molar refractivity (Wildman–Crippen MR) is 96.1 cm³/mol. The highest BCUT2D eigenvalue weighted by atomic mass is 16.2. The van der Waals surface area contributed by atoms with Gasteiger partial charge >= 0.3 is 0 Å². The van der Waals surface area contributed by atoms with Crippen LogP contribution in [0.25, 0.3) is 0 Å². The van der Waals surface area contributed by atoms with Crippen LogP contribution in [-0.2, 0) is 9.59 Å². The summed E-state index contributed by atoms with van der Waals surface area (Å²) in [7, 11) is 1.90. The molecule has 1 aromatic carbocycles. The van der Waals surface area contributed by atoms with Crippen LogP contribution in [0, 0.1) is 19.8 Å². The second-order valence-corrected chi connectivity index (χ2v) is 7.19. The number of rotatable bonds is 5. The molecule has 1 aliphatic heterocycles. The lowest BCUT2D eigenvalue weighted by Gasteiger charge is -2.31. The van der Waals surface area contributed by atoms with Crippen LogP contribution in [0.4, 0.5) is 5.69 Å². The Morgan fingerprint density at radius 2 is 2.04 bits per heavy atom. The Morgan fingerprint density at radius 3 is 2.75 bits per heavy atom. The lowest BCUT2D eigenvalue weighted by molar-refractivity contribution is -0.862. The molecule has 2 rings (SSSR count). The van der Waals surface area contributed by atoms with Crippen molar-refractivity contribution in [2.45, 2.75) is 33.6 Å². The number of nitrogens with zero attached hydrogens (tertiary/aromatic N) is 1. The van der Waals surface area contributed by atoms with E-state index in [4.69, 9.17) is 0 Å². The number of quaternary nitrogens is 1. The summed E-state index contributed by atoms with van der Waals surface area (Å²) < 4.78 is 0. The van der Waals surface area contributed by atoms with E-state index < -0.39 is 0 Å². The van der Waals surface area contributed by atoms with E-state index in [1.165, 1.54) is 6.42 Å². The van der Waals surface area contributed by atoms with E-state index in [9.17, 15) is 9.59 Å². The summed E-state index contributed by atoms with van der Waals surface area (Å²) in [5, 5.41) is 2.96. The standard InChI is InChI=1S/C19H29N3O2/c1-14-7-6-10-22(11-14)19(24)13-21(4)12-18(23)20-17-9-5-8-15(2)16(17)3/h5,8-9,14H,6-7,10-13H2,1-4H3,(H,20,23)/p+1/t14-/m0/s1. The summed E-state index contributed by atoms with van der Waals surface area (Å²) in [6.07, 6.45) is 2.28. The molecule has 132 valence electrons. The predicted octanol–water partition coefficient (Wildman–Crippen LogP) is 1.02. The molecule has 0 bridgehead atoms. The molecule has 1 aliphatic rings. The summed E-state index contributed by atoms with van der Waals surface area (Å²) >= 11 is 0. The largest absolute Gasteiger partial charge is 0.338 e. The maximum absolute atomic E-state index is 12.4. The number of carbonyl (C=O) groups excluding carboxylic acids is 2. The van der Waals surface area contributed by atoms with Crippen molar-refractivity contribution in [2.24, 2.45) is 5.92 Å². The number of aryl methyl sites for hydroxylation is 1. The smallest absolute Gasteiger partial charge is 0.279 e. The lowest BCUT2D eigenvalue weighted by atomic mass is 10.0. The number of hydrogen-bond donors (Lipinski definition) is 2. The third-order valence-electron chi connectivity index (χ3n) is 4.80. The minimum Gasteiger partial charge on any atom is -0.338 e. The van der Waals surface area contributed by atoms with Crippen LogP contribution in [0.15, 0.2) is 18.2 Å². The SMILES string of the molecule is Cc1cccc(NC(=O)C[NH+](C)CC(=O)N2CCC[C@H](C)C2)c1C. The van der Waals surface area contributed by atoms with Gasteiger partial charge in [0.05, 0.1) is 7.05 Å². The van der Waals surface area contributed by atoms with Crippen molar-refractivity contribution < 1.29 is 14.5 Å². The zero-order valence-corrected chi connectivity index (χ0v) is 15.3. The summed E-state index contributed by atoms with van der Waals surface area (Å²) in [4.78, 5) is 27.5. The molecular weight excluding hydrogens is 302 g/mol. The van der Waals surface area contributed by atoms with E-state index in [-0.39, 0.29) is 11.8 Å². The molecule has 2 amide bonds. The molecule has 24 heavy (non-hydrogen) atoms. The Hall–Kier alpha value is -1.88. The van der Waals surface area contributed by atoms with Crippen LogP contribution < -0.4 is 10.2 Å². The van der Waals surface area contributed by atoms with Crippen molar-refractivity contribution in [2.75, 3.05) is 38.5 Å². The molecule has 0 radical (unpaired) electrons. The Balaban J connectivity index is 1.83. The number of benzene rings is 1. The van der Waals surface area contributed by atoms with Gasteiger partial charge in [-0.25, -0.2) is 0 Å². The maximum atomic E-state index is 12.4. The summed E-state index contributed by atoms with van der Waals surface area (Å²) in [6.45, 7) is 8.58. The van der Waals surface area contributed by atoms with Gasteiger partial charge in [-0.1, -0.05) is 19.1 Å². The Kier molecular flexibility index (Phi) is 6.37. The van der Waals surface area contributed by atoms with Crippen molar-refractivity contribution in [1.29, 1.82) is 0 Å².